The number of nitrogens with zero attached hydrogens (tertiary/aromatic N) is 1. The molecule has 0 aromatic carbocycles. The minimum absolute atomic E-state index is 0.0381. The number of amides is 9. The van der Waals surface area contributed by atoms with Gasteiger partial charge in [0, 0.05) is 19.9 Å². The van der Waals surface area contributed by atoms with Crippen LogP contribution in [0, 0.1) is 11.8 Å². The molecule has 0 aliphatic rings. The van der Waals surface area contributed by atoms with Crippen molar-refractivity contribution >= 4 is 88.8 Å². The second kappa shape index (κ2) is 34.5. The predicted molar refractivity (Wildman–Crippen MR) is 262 cm³/mol. The number of hydrogen-bond donors (Lipinski definition) is 15. The van der Waals surface area contributed by atoms with Gasteiger partial charge in [0.1, 0.15) is 48.3 Å². The maximum atomic E-state index is 14.0. The molecule has 0 saturated carbocycles. The summed E-state index contributed by atoms with van der Waals surface area (Å²) in [6.45, 7) is 7.87. The molecule has 29 heteroatoms. The number of primary amides is 1. The fourth-order valence-corrected chi connectivity index (χ4v) is 7.19. The van der Waals surface area contributed by atoms with Crippen LogP contribution in [-0.2, 0) is 57.5 Å². The molecule has 72 heavy (non-hydrogen) atoms. The Morgan fingerprint density at radius 3 is 1.43 bits per heavy atom. The lowest BCUT2D eigenvalue weighted by Gasteiger charge is -2.29. The molecule has 0 heterocycles. The summed E-state index contributed by atoms with van der Waals surface area (Å²) in [5.74, 6) is -13.8. The van der Waals surface area contributed by atoms with Crippen molar-refractivity contribution in [2.75, 3.05) is 25.1 Å². The molecule has 0 fully saturated rings. The number of nitrogens with one attached hydrogen (secondary N) is 8. The number of carboxylic acid groups (broad SMARTS) is 3. The van der Waals surface area contributed by atoms with Gasteiger partial charge >= 0.3 is 17.9 Å². The second-order valence-electron chi connectivity index (χ2n) is 17.5. The Morgan fingerprint density at radius 2 is 0.986 bits per heavy atom. The molecule has 0 bridgehead atoms. The van der Waals surface area contributed by atoms with E-state index in [9.17, 15) is 67.7 Å². The fourth-order valence-electron chi connectivity index (χ4n) is 6.72. The third-order valence-electron chi connectivity index (χ3n) is 10.4. The van der Waals surface area contributed by atoms with Crippen LogP contribution in [0.15, 0.2) is 4.99 Å². The molecule has 0 radical (unpaired) electrons. The van der Waals surface area contributed by atoms with E-state index in [2.05, 4.69) is 47.5 Å². The Hall–Kier alpha value is -6.78. The number of guanidine groups is 1. The molecule has 0 aromatic rings. The minimum atomic E-state index is -1.78. The van der Waals surface area contributed by atoms with Crippen molar-refractivity contribution in [3.05, 3.63) is 0 Å². The summed E-state index contributed by atoms with van der Waals surface area (Å²) in [5, 5.41) is 47.6. The van der Waals surface area contributed by atoms with Crippen molar-refractivity contribution < 1.29 is 72.9 Å². The van der Waals surface area contributed by atoms with Gasteiger partial charge in [0.15, 0.2) is 5.96 Å². The monoisotopic (exact) mass is 1050 g/mol. The average molecular weight is 1050 g/mol. The summed E-state index contributed by atoms with van der Waals surface area (Å²) in [7, 11) is 0. The van der Waals surface area contributed by atoms with Gasteiger partial charge in [-0.05, 0) is 81.8 Å². The van der Waals surface area contributed by atoms with Crippen molar-refractivity contribution in [2.45, 2.75) is 154 Å². The molecule has 19 N–H and O–H groups in total. The van der Waals surface area contributed by atoms with E-state index in [-0.39, 0.29) is 63.5 Å². The van der Waals surface area contributed by atoms with Crippen LogP contribution in [0.25, 0.3) is 0 Å². The lowest BCUT2D eigenvalue weighted by Crippen LogP contribution is -2.61. The highest BCUT2D eigenvalue weighted by Gasteiger charge is 2.36. The van der Waals surface area contributed by atoms with E-state index in [0.717, 1.165) is 0 Å². The SMILES string of the molecule is CSCCC(NC(C)=O)C(=O)NC(CC(=O)O)C(=O)NC(CCCCN)C(=O)NC(C(=O)NC(CC(C)C)C(=O)NC(CC(N)=O)C(=O)NC(CCCN=C(N)N)C(=O)NC(CCC(=O)O)C(=O)O)C(C)C. The molecule has 28 nitrogen and oxygen atoms in total. The number of carbonyl (C=O) groups excluding carboxylic acids is 9. The molecule has 0 aliphatic carbocycles. The van der Waals surface area contributed by atoms with Gasteiger partial charge in [0.25, 0.3) is 0 Å². The largest absolute Gasteiger partial charge is 0.481 e. The predicted octanol–water partition coefficient (Wildman–Crippen LogP) is -4.18. The Morgan fingerprint density at radius 1 is 0.528 bits per heavy atom. The zero-order valence-corrected chi connectivity index (χ0v) is 42.4. The van der Waals surface area contributed by atoms with Gasteiger partial charge in [0.2, 0.25) is 53.2 Å². The Balaban J connectivity index is 6.67. The topological polar surface area (TPSA) is 478 Å². The van der Waals surface area contributed by atoms with Crippen molar-refractivity contribution in [1.29, 1.82) is 0 Å². The molecular weight excluding hydrogens is 971 g/mol. The van der Waals surface area contributed by atoms with E-state index in [1.54, 1.807) is 34.0 Å². The maximum absolute atomic E-state index is 14.0. The molecule has 8 unspecified atom stereocenters. The number of thioether (sulfide) groups is 1. The van der Waals surface area contributed by atoms with Crippen molar-refractivity contribution in [3.63, 3.8) is 0 Å². The van der Waals surface area contributed by atoms with E-state index in [1.165, 1.54) is 18.7 Å². The Bertz CT molecular complexity index is 1920. The maximum Gasteiger partial charge on any atom is 0.326 e. The summed E-state index contributed by atoms with van der Waals surface area (Å²) in [6, 6.07) is -12.1. The molecule has 9 amide bonds. The van der Waals surface area contributed by atoms with Crippen LogP contribution in [0.4, 0.5) is 0 Å². The number of nitrogens with two attached hydrogens (primary N) is 4. The normalized spacial score (nSPS) is 14.3. The van der Waals surface area contributed by atoms with E-state index in [0.29, 0.717) is 12.2 Å². The van der Waals surface area contributed by atoms with Crippen LogP contribution < -0.4 is 65.5 Å². The van der Waals surface area contributed by atoms with Crippen molar-refractivity contribution in [3.8, 4) is 0 Å². The zero-order valence-electron chi connectivity index (χ0n) is 41.6. The first kappa shape index (κ1) is 65.2. The van der Waals surface area contributed by atoms with Gasteiger partial charge in [-0.25, -0.2) is 4.79 Å². The van der Waals surface area contributed by atoms with E-state index < -0.39 is 151 Å². The highest BCUT2D eigenvalue weighted by molar-refractivity contribution is 7.98. The number of hydrogen-bond acceptors (Lipinski definition) is 15. The smallest absolute Gasteiger partial charge is 0.326 e. The number of rotatable bonds is 37. The average Bonchev–Trinajstić information content (AvgIpc) is 3.26. The second-order valence-corrected chi connectivity index (χ2v) is 18.5. The number of aliphatic carboxylic acids is 3. The summed E-state index contributed by atoms with van der Waals surface area (Å²) in [6.07, 6.45) is -0.582. The van der Waals surface area contributed by atoms with E-state index >= 15 is 0 Å². The molecule has 0 spiro atoms. The summed E-state index contributed by atoms with van der Waals surface area (Å²) in [4.78, 5) is 159. The molecular formula is C43H75N13O15S. The molecule has 0 aliphatic heterocycles. The van der Waals surface area contributed by atoms with Crippen LogP contribution in [0.1, 0.15) is 105 Å². The quantitative estimate of drug-likeness (QED) is 0.0159. The molecule has 408 valence electrons. The highest BCUT2D eigenvalue weighted by Crippen LogP contribution is 2.12. The fraction of sp³-hybridized carbons (Fsp3) is 0.698. The van der Waals surface area contributed by atoms with Gasteiger partial charge in [-0.1, -0.05) is 27.7 Å². The summed E-state index contributed by atoms with van der Waals surface area (Å²) < 4.78 is 0. The zero-order chi connectivity index (χ0) is 55.2. The van der Waals surface area contributed by atoms with E-state index in [4.69, 9.17) is 28.0 Å². The number of carboxylic acids is 3. The number of aliphatic imine (C=N–C) groups is 1. The Kier molecular flexibility index (Phi) is 31.3. The third kappa shape index (κ3) is 27.6. The molecule has 0 aromatic heterocycles. The minimum Gasteiger partial charge on any atom is -0.481 e. The number of carbonyl (C=O) groups is 12. The first-order valence-corrected chi connectivity index (χ1v) is 24.6. The van der Waals surface area contributed by atoms with Crippen LogP contribution >= 0.6 is 11.8 Å². The van der Waals surface area contributed by atoms with Crippen LogP contribution in [0.2, 0.25) is 0 Å². The lowest BCUT2D eigenvalue weighted by atomic mass is 9.98. The van der Waals surface area contributed by atoms with Crippen molar-refractivity contribution in [1.82, 2.24) is 42.5 Å². The highest BCUT2D eigenvalue weighted by atomic mass is 32.2. The lowest BCUT2D eigenvalue weighted by molar-refractivity contribution is -0.144. The molecule has 0 rings (SSSR count). The van der Waals surface area contributed by atoms with Gasteiger partial charge < -0.3 is 80.8 Å². The first-order chi connectivity index (χ1) is 33.6. The van der Waals surface area contributed by atoms with Gasteiger partial charge in [-0.2, -0.15) is 11.8 Å². The Labute approximate surface area is 421 Å². The van der Waals surface area contributed by atoms with Gasteiger partial charge in [-0.3, -0.25) is 57.7 Å². The molecule has 8 atom stereocenters. The van der Waals surface area contributed by atoms with Crippen molar-refractivity contribution in [2.24, 2.45) is 39.8 Å². The summed E-state index contributed by atoms with van der Waals surface area (Å²) in [5.41, 5.74) is 21.8. The molecule has 0 saturated heterocycles. The van der Waals surface area contributed by atoms with Crippen LogP contribution in [-0.4, -0.2) is 166 Å². The summed E-state index contributed by atoms with van der Waals surface area (Å²) >= 11 is 1.38. The number of unbranched alkanes of at least 4 members (excludes halogenated alkanes) is 1. The van der Waals surface area contributed by atoms with Gasteiger partial charge in [0.05, 0.1) is 12.8 Å². The van der Waals surface area contributed by atoms with Crippen LogP contribution in [0.5, 0.6) is 0 Å². The van der Waals surface area contributed by atoms with Crippen LogP contribution in [0.3, 0.4) is 0 Å². The van der Waals surface area contributed by atoms with E-state index in [1.807, 2.05) is 0 Å². The third-order valence-corrected chi connectivity index (χ3v) is 11.0. The van der Waals surface area contributed by atoms with Gasteiger partial charge in [-0.15, -0.1) is 0 Å². The first-order valence-electron chi connectivity index (χ1n) is 23.2. The standard InChI is InChI=1S/C43H75N13O15S/c1-21(2)18-28(38(66)53-29(19-31(45)58)39(67)51-25(11-9-16-48-43(46)47)35(63)52-27(42(70)71)12-13-32(59)60)55-41(69)34(22(3)4)56-37(65)24(10-7-8-15-44)50-40(68)30(20-33(61)62)54-36(64)26(14-17-72-6)49-23(5)57/h21-22,24-30,34H,7-20,44H2,1-6H3,(H2,45,58)(H,49,57)(H,50,68)(H,51,67)(H,52,63)(H,53,66)(H,54,64)(H,55,69)(H,56,65)(H,59,60)(H,61,62)(H,70,71)(H4,46,47,48).